The van der Waals surface area contributed by atoms with E-state index in [0.29, 0.717) is 12.1 Å². The number of aryl methyl sites for hydroxylation is 1. The molecule has 0 spiro atoms. The van der Waals surface area contributed by atoms with E-state index in [0.717, 1.165) is 53.9 Å². The van der Waals surface area contributed by atoms with Gasteiger partial charge in [0.05, 0.1) is 11.0 Å². The van der Waals surface area contributed by atoms with Crippen molar-refractivity contribution in [2.45, 2.75) is 33.0 Å². The molecule has 3 heterocycles. The number of halogens is 1. The fourth-order valence-corrected chi connectivity index (χ4v) is 4.58. The van der Waals surface area contributed by atoms with Crippen LogP contribution in [0.1, 0.15) is 33.5 Å². The van der Waals surface area contributed by atoms with Gasteiger partial charge in [-0.25, -0.2) is 4.39 Å². The summed E-state index contributed by atoms with van der Waals surface area (Å²) in [6, 6.07) is 12.5. The lowest BCUT2D eigenvalue weighted by molar-refractivity contribution is -0.116. The highest BCUT2D eigenvalue weighted by molar-refractivity contribution is 5.91. The zero-order valence-corrected chi connectivity index (χ0v) is 19.5. The van der Waals surface area contributed by atoms with Gasteiger partial charge in [0, 0.05) is 62.1 Å². The Bertz CT molecular complexity index is 1410. The molecule has 6 nitrogen and oxygen atoms in total. The Morgan fingerprint density at radius 2 is 1.97 bits per heavy atom. The first-order valence-corrected chi connectivity index (χ1v) is 11.7. The molecule has 4 aromatic rings. The van der Waals surface area contributed by atoms with Crippen molar-refractivity contribution < 1.29 is 9.18 Å². The van der Waals surface area contributed by atoms with Crippen molar-refractivity contribution in [3.05, 3.63) is 106 Å². The van der Waals surface area contributed by atoms with Crippen LogP contribution in [0.4, 0.5) is 4.39 Å². The highest BCUT2D eigenvalue weighted by atomic mass is 19.1. The van der Waals surface area contributed by atoms with E-state index in [-0.39, 0.29) is 11.7 Å². The number of amides is 1. The van der Waals surface area contributed by atoms with Crippen LogP contribution in [-0.4, -0.2) is 32.3 Å². The first-order chi connectivity index (χ1) is 17.1. The van der Waals surface area contributed by atoms with Crippen LogP contribution >= 0.6 is 0 Å². The number of aromatic nitrogens is 3. The highest BCUT2D eigenvalue weighted by Gasteiger charge is 2.21. The quantitative estimate of drug-likeness (QED) is 0.427. The molecule has 2 aromatic carbocycles. The lowest BCUT2D eigenvalue weighted by Gasteiger charge is -2.30. The summed E-state index contributed by atoms with van der Waals surface area (Å²) in [5, 5.41) is 2.93. The molecule has 1 aliphatic heterocycles. The van der Waals surface area contributed by atoms with Gasteiger partial charge in [0.1, 0.15) is 5.82 Å². The van der Waals surface area contributed by atoms with Crippen LogP contribution in [0.5, 0.6) is 0 Å². The summed E-state index contributed by atoms with van der Waals surface area (Å²) in [6.07, 6.45) is 9.13. The third-order valence-corrected chi connectivity index (χ3v) is 6.41. The van der Waals surface area contributed by atoms with Crippen molar-refractivity contribution >= 4 is 23.0 Å². The lowest BCUT2D eigenvalue weighted by Crippen LogP contribution is -2.32. The maximum atomic E-state index is 13.8. The number of rotatable bonds is 6. The van der Waals surface area contributed by atoms with Gasteiger partial charge in [-0.1, -0.05) is 30.3 Å². The molecule has 7 heteroatoms. The molecule has 5 rings (SSSR count). The van der Waals surface area contributed by atoms with Crippen LogP contribution in [0.2, 0.25) is 0 Å². The highest BCUT2D eigenvalue weighted by Crippen LogP contribution is 2.26. The molecular weight excluding hydrogens is 441 g/mol. The molecule has 0 atom stereocenters. The summed E-state index contributed by atoms with van der Waals surface area (Å²) in [5.41, 5.74) is 7.80. The number of nitrogens with zero attached hydrogens (tertiary/aromatic N) is 4. The van der Waals surface area contributed by atoms with Gasteiger partial charge >= 0.3 is 0 Å². The van der Waals surface area contributed by atoms with Crippen LogP contribution in [0.25, 0.3) is 17.1 Å². The molecule has 176 valence electrons. The molecule has 0 unspecified atom stereocenters. The van der Waals surface area contributed by atoms with E-state index in [1.54, 1.807) is 30.6 Å². The van der Waals surface area contributed by atoms with Gasteiger partial charge in [0.25, 0.3) is 0 Å². The van der Waals surface area contributed by atoms with Gasteiger partial charge in [-0.05, 0) is 53.8 Å². The molecule has 0 radical (unpaired) electrons. The second kappa shape index (κ2) is 10.1. The van der Waals surface area contributed by atoms with E-state index in [4.69, 9.17) is 0 Å². The molecule has 2 aromatic heterocycles. The predicted molar refractivity (Wildman–Crippen MR) is 134 cm³/mol. The smallest absolute Gasteiger partial charge is 0.244 e. The van der Waals surface area contributed by atoms with Crippen molar-refractivity contribution in [2.24, 2.45) is 0 Å². The number of carbonyl (C=O) groups is 1. The fourth-order valence-electron chi connectivity index (χ4n) is 4.58. The Labute approximate surface area is 203 Å². The third kappa shape index (κ3) is 5.10. The zero-order valence-electron chi connectivity index (χ0n) is 19.5. The summed E-state index contributed by atoms with van der Waals surface area (Å²) in [6.45, 7) is 4.84. The Kier molecular flexibility index (Phi) is 6.59. The minimum absolute atomic E-state index is 0.264. The largest absolute Gasteiger partial charge is 0.348 e. The van der Waals surface area contributed by atoms with Crippen LogP contribution < -0.4 is 5.32 Å². The standard InChI is InChI=1S/C28H26FN5O/c1-19-24(16-33-27(35)10-9-20-5-2-3-7-25(20)29)23-11-14-34(18-22(23)15-32-19)17-21-6-4-8-26-28(21)31-13-12-30-26/h2-10,12-13,15H,11,14,16-18H2,1H3,(H,33,35)/b10-9+. The molecule has 0 saturated carbocycles. The topological polar surface area (TPSA) is 71.0 Å². The predicted octanol–water partition coefficient (Wildman–Crippen LogP) is 4.36. The van der Waals surface area contributed by atoms with Crippen molar-refractivity contribution in [2.75, 3.05) is 6.54 Å². The molecule has 35 heavy (non-hydrogen) atoms. The SMILES string of the molecule is Cc1ncc2c(c1CNC(=O)/C=C/c1ccccc1F)CCN(Cc1cccc3nccnc13)C2. The van der Waals surface area contributed by atoms with Crippen LogP contribution in [0.3, 0.4) is 0 Å². The molecule has 0 fully saturated rings. The van der Waals surface area contributed by atoms with Gasteiger partial charge in [-0.15, -0.1) is 0 Å². The molecule has 1 N–H and O–H groups in total. The second-order valence-corrected chi connectivity index (χ2v) is 8.70. The number of benzene rings is 2. The number of hydrogen-bond acceptors (Lipinski definition) is 5. The van der Waals surface area contributed by atoms with Gasteiger partial charge in [0.2, 0.25) is 5.91 Å². The van der Waals surface area contributed by atoms with Crippen LogP contribution in [0.15, 0.2) is 67.1 Å². The maximum absolute atomic E-state index is 13.8. The summed E-state index contributed by atoms with van der Waals surface area (Å²) in [7, 11) is 0. The van der Waals surface area contributed by atoms with E-state index in [1.165, 1.54) is 29.3 Å². The first-order valence-electron chi connectivity index (χ1n) is 11.7. The van der Waals surface area contributed by atoms with Crippen molar-refractivity contribution in [1.29, 1.82) is 0 Å². The van der Waals surface area contributed by atoms with Crippen molar-refractivity contribution in [1.82, 2.24) is 25.2 Å². The average Bonchev–Trinajstić information content (AvgIpc) is 2.88. The van der Waals surface area contributed by atoms with Gasteiger partial charge in [-0.3, -0.25) is 24.6 Å². The van der Waals surface area contributed by atoms with Gasteiger partial charge < -0.3 is 5.32 Å². The number of carbonyl (C=O) groups excluding carboxylic acids is 1. The molecule has 0 saturated heterocycles. The maximum Gasteiger partial charge on any atom is 0.244 e. The average molecular weight is 468 g/mol. The Balaban J connectivity index is 1.27. The molecule has 1 aliphatic rings. The third-order valence-electron chi connectivity index (χ3n) is 6.41. The van der Waals surface area contributed by atoms with E-state index < -0.39 is 0 Å². The van der Waals surface area contributed by atoms with E-state index in [9.17, 15) is 9.18 Å². The van der Waals surface area contributed by atoms with E-state index in [1.807, 2.05) is 25.3 Å². The molecule has 0 aliphatic carbocycles. The lowest BCUT2D eigenvalue weighted by atomic mass is 9.94. The number of hydrogen-bond donors (Lipinski definition) is 1. The van der Waals surface area contributed by atoms with E-state index in [2.05, 4.69) is 31.2 Å². The summed E-state index contributed by atoms with van der Waals surface area (Å²) in [4.78, 5) is 28.3. The first kappa shape index (κ1) is 22.8. The minimum atomic E-state index is -0.353. The molecule has 0 bridgehead atoms. The summed E-state index contributed by atoms with van der Waals surface area (Å²) < 4.78 is 13.8. The van der Waals surface area contributed by atoms with Crippen LogP contribution in [0, 0.1) is 12.7 Å². The van der Waals surface area contributed by atoms with Crippen molar-refractivity contribution in [3.63, 3.8) is 0 Å². The monoisotopic (exact) mass is 467 g/mol. The number of nitrogens with one attached hydrogen (secondary N) is 1. The second-order valence-electron chi connectivity index (χ2n) is 8.70. The Morgan fingerprint density at radius 3 is 2.86 bits per heavy atom. The summed E-state index contributed by atoms with van der Waals surface area (Å²) in [5.74, 6) is -0.617. The minimum Gasteiger partial charge on any atom is -0.348 e. The normalized spacial score (nSPS) is 13.8. The number of pyridine rings is 1. The van der Waals surface area contributed by atoms with Gasteiger partial charge in [-0.2, -0.15) is 0 Å². The molecular formula is C28H26FN5O. The van der Waals surface area contributed by atoms with Crippen molar-refractivity contribution in [3.8, 4) is 0 Å². The summed E-state index contributed by atoms with van der Waals surface area (Å²) >= 11 is 0. The Morgan fingerprint density at radius 1 is 1.11 bits per heavy atom. The van der Waals surface area contributed by atoms with Gasteiger partial charge in [0.15, 0.2) is 0 Å². The number of fused-ring (bicyclic) bond motifs is 2. The fraction of sp³-hybridized carbons (Fsp3) is 0.214. The van der Waals surface area contributed by atoms with E-state index >= 15 is 0 Å². The Hall–Kier alpha value is -3.97. The number of para-hydroxylation sites is 1. The van der Waals surface area contributed by atoms with Crippen LogP contribution in [-0.2, 0) is 30.8 Å². The zero-order chi connectivity index (χ0) is 24.2. The molecule has 1 amide bonds.